The van der Waals surface area contributed by atoms with Crippen molar-refractivity contribution in [1.82, 2.24) is 4.90 Å². The summed E-state index contributed by atoms with van der Waals surface area (Å²) in [4.78, 5) is 24.3. The molecular weight excluding hydrogens is 256 g/mol. The molecule has 7 heteroatoms. The fourth-order valence-corrected chi connectivity index (χ4v) is 2.20. The van der Waals surface area contributed by atoms with Crippen molar-refractivity contribution in [2.75, 3.05) is 21.2 Å². The first-order valence-electron chi connectivity index (χ1n) is 5.09. The van der Waals surface area contributed by atoms with Crippen LogP contribution in [0.2, 0.25) is 0 Å². The van der Waals surface area contributed by atoms with E-state index < -0.39 is 10.9 Å². The maximum absolute atomic E-state index is 11.4. The van der Waals surface area contributed by atoms with Crippen LogP contribution >= 0.6 is 11.3 Å². The van der Waals surface area contributed by atoms with Crippen LogP contribution in [0.3, 0.4) is 0 Å². The monoisotopic (exact) mass is 270 g/mol. The highest BCUT2D eigenvalue weighted by molar-refractivity contribution is 7.15. The summed E-state index contributed by atoms with van der Waals surface area (Å²) in [5.74, 6) is -0.565. The van der Waals surface area contributed by atoms with Gasteiger partial charge >= 0.3 is 5.97 Å². The van der Waals surface area contributed by atoms with Gasteiger partial charge in [0.1, 0.15) is 9.75 Å². The number of ether oxygens (including phenoxy) is 1. The van der Waals surface area contributed by atoms with Crippen molar-refractivity contribution < 1.29 is 14.5 Å². The number of carbonyl (C=O) groups is 1. The van der Waals surface area contributed by atoms with Gasteiger partial charge in [0.15, 0.2) is 0 Å². The average Bonchev–Trinajstić information content (AvgIpc) is 2.71. The van der Waals surface area contributed by atoms with E-state index in [9.17, 15) is 14.9 Å². The van der Waals surface area contributed by atoms with Gasteiger partial charge in [-0.3, -0.25) is 10.1 Å². The molecule has 0 fully saturated rings. The standard InChI is InChI=1S/C11H14N2O4S/c1-7(12(2)3)5-9-8(13(15)16)6-10(18-9)11(14)17-4/h5-6H,1-4H3. The Kier molecular flexibility index (Phi) is 4.43. The Hall–Kier alpha value is -1.89. The molecule has 6 nitrogen and oxygen atoms in total. The third-order valence-corrected chi connectivity index (χ3v) is 3.42. The lowest BCUT2D eigenvalue weighted by Crippen LogP contribution is -2.07. The second-order valence-corrected chi connectivity index (χ2v) is 4.87. The molecule has 0 N–H and O–H groups in total. The number of nitro groups is 1. The molecule has 1 heterocycles. The Balaban J connectivity index is 3.25. The van der Waals surface area contributed by atoms with E-state index in [4.69, 9.17) is 0 Å². The number of allylic oxidation sites excluding steroid dienone is 1. The lowest BCUT2D eigenvalue weighted by atomic mass is 10.3. The number of hydrogen-bond acceptors (Lipinski definition) is 6. The molecule has 1 aromatic heterocycles. The lowest BCUT2D eigenvalue weighted by Gasteiger charge is -2.11. The SMILES string of the molecule is COC(=O)c1cc([N+](=O)[O-])c(C=C(C)N(C)C)s1. The van der Waals surface area contributed by atoms with Crippen LogP contribution in [0.5, 0.6) is 0 Å². The summed E-state index contributed by atoms with van der Waals surface area (Å²) in [7, 11) is 4.92. The van der Waals surface area contributed by atoms with Crippen molar-refractivity contribution in [3.63, 3.8) is 0 Å². The third kappa shape index (κ3) is 3.07. The number of nitrogens with zero attached hydrogens (tertiary/aromatic N) is 2. The first kappa shape index (κ1) is 14.2. The Morgan fingerprint density at radius 3 is 2.61 bits per heavy atom. The minimum absolute atomic E-state index is 0.0819. The summed E-state index contributed by atoms with van der Waals surface area (Å²) in [6.07, 6.45) is 1.68. The van der Waals surface area contributed by atoms with Gasteiger partial charge in [-0.05, 0) is 13.0 Å². The van der Waals surface area contributed by atoms with Gasteiger partial charge in [0.25, 0.3) is 5.69 Å². The van der Waals surface area contributed by atoms with Crippen LogP contribution in [-0.4, -0.2) is 37.0 Å². The molecule has 0 saturated carbocycles. The Morgan fingerprint density at radius 1 is 1.56 bits per heavy atom. The molecular formula is C11H14N2O4S. The molecule has 0 aliphatic carbocycles. The molecule has 0 saturated heterocycles. The van der Waals surface area contributed by atoms with Crippen molar-refractivity contribution in [2.24, 2.45) is 0 Å². The highest BCUT2D eigenvalue weighted by Gasteiger charge is 2.21. The molecule has 0 bridgehead atoms. The number of hydrogen-bond donors (Lipinski definition) is 0. The predicted octanol–water partition coefficient (Wildman–Crippen LogP) is 2.37. The van der Waals surface area contributed by atoms with Crippen LogP contribution in [0, 0.1) is 10.1 Å². The molecule has 0 spiro atoms. The molecule has 0 aliphatic rings. The van der Waals surface area contributed by atoms with Crippen LogP contribution in [0.15, 0.2) is 11.8 Å². The highest BCUT2D eigenvalue weighted by atomic mass is 32.1. The van der Waals surface area contributed by atoms with Crippen molar-refractivity contribution in [3.8, 4) is 0 Å². The van der Waals surface area contributed by atoms with E-state index in [1.165, 1.54) is 13.2 Å². The van der Waals surface area contributed by atoms with E-state index in [2.05, 4.69) is 4.74 Å². The molecule has 1 aromatic rings. The average molecular weight is 270 g/mol. The van der Waals surface area contributed by atoms with Gasteiger partial charge in [0.05, 0.1) is 12.0 Å². The zero-order valence-electron chi connectivity index (χ0n) is 10.6. The normalized spacial score (nSPS) is 11.2. The summed E-state index contributed by atoms with van der Waals surface area (Å²) in [6.45, 7) is 1.83. The Labute approximate surface area is 109 Å². The van der Waals surface area contributed by atoms with E-state index in [0.717, 1.165) is 17.0 Å². The van der Waals surface area contributed by atoms with E-state index >= 15 is 0 Å². The van der Waals surface area contributed by atoms with Crippen molar-refractivity contribution in [1.29, 1.82) is 0 Å². The number of methoxy groups -OCH3 is 1. The minimum Gasteiger partial charge on any atom is -0.465 e. The maximum Gasteiger partial charge on any atom is 0.348 e. The van der Waals surface area contributed by atoms with Gasteiger partial charge in [0, 0.05) is 25.9 Å². The lowest BCUT2D eigenvalue weighted by molar-refractivity contribution is -0.384. The molecule has 0 atom stereocenters. The van der Waals surface area contributed by atoms with Crippen LogP contribution in [-0.2, 0) is 4.74 Å². The van der Waals surface area contributed by atoms with Gasteiger partial charge in [-0.15, -0.1) is 11.3 Å². The second kappa shape index (κ2) is 5.63. The predicted molar refractivity (Wildman–Crippen MR) is 69.7 cm³/mol. The topological polar surface area (TPSA) is 72.7 Å². The zero-order chi connectivity index (χ0) is 13.9. The van der Waals surface area contributed by atoms with Crippen LogP contribution in [0.4, 0.5) is 5.69 Å². The molecule has 0 aromatic carbocycles. The molecule has 0 aliphatic heterocycles. The summed E-state index contributed by atoms with van der Waals surface area (Å²) >= 11 is 1.05. The summed E-state index contributed by atoms with van der Waals surface area (Å²) in [6, 6.07) is 1.24. The Morgan fingerprint density at radius 2 is 2.17 bits per heavy atom. The molecule has 18 heavy (non-hydrogen) atoms. The van der Waals surface area contributed by atoms with Gasteiger partial charge < -0.3 is 9.64 Å². The highest BCUT2D eigenvalue weighted by Crippen LogP contribution is 2.31. The molecule has 0 radical (unpaired) electrons. The zero-order valence-corrected chi connectivity index (χ0v) is 11.4. The summed E-state index contributed by atoms with van der Waals surface area (Å²) in [5.41, 5.74) is 0.776. The van der Waals surface area contributed by atoms with Gasteiger partial charge in [-0.25, -0.2) is 4.79 Å². The smallest absolute Gasteiger partial charge is 0.348 e. The number of rotatable bonds is 4. The van der Waals surface area contributed by atoms with E-state index in [1.807, 2.05) is 25.9 Å². The van der Waals surface area contributed by atoms with Crippen molar-refractivity contribution in [3.05, 3.63) is 31.6 Å². The molecule has 0 unspecified atom stereocenters. The minimum atomic E-state index is -0.565. The largest absolute Gasteiger partial charge is 0.465 e. The molecule has 98 valence electrons. The van der Waals surface area contributed by atoms with Crippen LogP contribution < -0.4 is 0 Å². The van der Waals surface area contributed by atoms with Crippen molar-refractivity contribution >= 4 is 29.1 Å². The maximum atomic E-state index is 11.4. The van der Waals surface area contributed by atoms with Crippen LogP contribution in [0.1, 0.15) is 21.5 Å². The number of carbonyl (C=O) groups excluding carboxylic acids is 1. The first-order valence-corrected chi connectivity index (χ1v) is 5.90. The van der Waals surface area contributed by atoms with E-state index in [1.54, 1.807) is 6.08 Å². The summed E-state index contributed by atoms with van der Waals surface area (Å²) in [5, 5.41) is 10.9. The first-order chi connectivity index (χ1) is 8.36. The van der Waals surface area contributed by atoms with Gasteiger partial charge in [-0.2, -0.15) is 0 Å². The fraction of sp³-hybridized carbons (Fsp3) is 0.364. The van der Waals surface area contributed by atoms with Crippen LogP contribution in [0.25, 0.3) is 6.08 Å². The van der Waals surface area contributed by atoms with Gasteiger partial charge in [0.2, 0.25) is 0 Å². The Bertz CT molecular complexity index is 505. The third-order valence-electron chi connectivity index (χ3n) is 2.37. The molecule has 0 amide bonds. The fourth-order valence-electron chi connectivity index (χ4n) is 1.16. The number of esters is 1. The number of thiophene rings is 1. The molecule has 1 rings (SSSR count). The van der Waals surface area contributed by atoms with E-state index in [0.29, 0.717) is 4.88 Å². The van der Waals surface area contributed by atoms with Gasteiger partial charge in [-0.1, -0.05) is 0 Å². The van der Waals surface area contributed by atoms with E-state index in [-0.39, 0.29) is 10.6 Å². The second-order valence-electron chi connectivity index (χ2n) is 3.79. The summed E-state index contributed by atoms with van der Waals surface area (Å²) < 4.78 is 4.55. The quantitative estimate of drug-likeness (QED) is 0.477. The van der Waals surface area contributed by atoms with Crippen molar-refractivity contribution in [2.45, 2.75) is 6.92 Å².